The lowest BCUT2D eigenvalue weighted by molar-refractivity contribution is 0.0314. The topological polar surface area (TPSA) is 46.6 Å². The van der Waals surface area contributed by atoms with Gasteiger partial charge in [-0.25, -0.2) is 8.42 Å². The Labute approximate surface area is 99.9 Å². The van der Waals surface area contributed by atoms with Gasteiger partial charge in [0.1, 0.15) is 10.9 Å². The first-order valence-corrected chi connectivity index (χ1v) is 7.57. The Hall–Kier alpha value is -0.430. The molecule has 0 aliphatic carbocycles. The Morgan fingerprint density at radius 2 is 2.31 bits per heavy atom. The largest absolute Gasteiger partial charge is 0.365 e. The molecule has 4 nitrogen and oxygen atoms in total. The highest BCUT2D eigenvalue weighted by Crippen LogP contribution is 2.26. The van der Waals surface area contributed by atoms with Gasteiger partial charge in [-0.15, -0.1) is 11.3 Å². The van der Waals surface area contributed by atoms with Crippen LogP contribution in [0.2, 0.25) is 0 Å². The van der Waals surface area contributed by atoms with Crippen LogP contribution in [0.15, 0.2) is 16.3 Å². The SMILES string of the molecule is CCc1ccc(S(=O)(=O)N2CCCOC2)s1. The van der Waals surface area contributed by atoms with Gasteiger partial charge in [-0.2, -0.15) is 4.31 Å². The summed E-state index contributed by atoms with van der Waals surface area (Å²) in [6, 6.07) is 3.57. The molecule has 1 aliphatic heterocycles. The fourth-order valence-corrected chi connectivity index (χ4v) is 4.39. The molecular weight excluding hydrogens is 246 g/mol. The fraction of sp³-hybridized carbons (Fsp3) is 0.600. The summed E-state index contributed by atoms with van der Waals surface area (Å²) in [5, 5.41) is 0. The summed E-state index contributed by atoms with van der Waals surface area (Å²) in [6.45, 7) is 3.41. The summed E-state index contributed by atoms with van der Waals surface area (Å²) < 4.78 is 31.4. The average Bonchev–Trinajstić information content (AvgIpc) is 2.79. The van der Waals surface area contributed by atoms with Crippen LogP contribution in [0.1, 0.15) is 18.2 Å². The molecule has 0 amide bonds. The minimum absolute atomic E-state index is 0.182. The first-order valence-electron chi connectivity index (χ1n) is 5.31. The molecule has 0 unspecified atom stereocenters. The van der Waals surface area contributed by atoms with E-state index < -0.39 is 10.0 Å². The monoisotopic (exact) mass is 261 g/mol. The third kappa shape index (κ3) is 2.29. The quantitative estimate of drug-likeness (QED) is 0.831. The Kier molecular flexibility index (Phi) is 3.63. The van der Waals surface area contributed by atoms with Crippen molar-refractivity contribution in [2.45, 2.75) is 24.0 Å². The molecule has 1 aliphatic rings. The van der Waals surface area contributed by atoms with E-state index in [9.17, 15) is 8.42 Å². The van der Waals surface area contributed by atoms with Gasteiger partial charge in [0.25, 0.3) is 10.0 Å². The summed E-state index contributed by atoms with van der Waals surface area (Å²) >= 11 is 1.35. The molecule has 0 spiro atoms. The standard InChI is InChI=1S/C10H15NO3S2/c1-2-9-4-5-10(15-9)16(12,13)11-6-3-7-14-8-11/h4-5H,2-3,6-8H2,1H3. The van der Waals surface area contributed by atoms with Crippen molar-refractivity contribution in [3.63, 3.8) is 0 Å². The third-order valence-electron chi connectivity index (χ3n) is 2.51. The number of hydrogen-bond acceptors (Lipinski definition) is 4. The van der Waals surface area contributed by atoms with Gasteiger partial charge in [0.15, 0.2) is 0 Å². The van der Waals surface area contributed by atoms with Crippen LogP contribution >= 0.6 is 11.3 Å². The average molecular weight is 261 g/mol. The maximum atomic E-state index is 12.2. The number of ether oxygens (including phenoxy) is 1. The second-order valence-electron chi connectivity index (χ2n) is 3.65. The summed E-state index contributed by atoms with van der Waals surface area (Å²) in [6.07, 6.45) is 1.64. The maximum Gasteiger partial charge on any atom is 0.254 e. The first kappa shape index (κ1) is 12.0. The lowest BCUT2D eigenvalue weighted by Gasteiger charge is -2.25. The van der Waals surface area contributed by atoms with Gasteiger partial charge < -0.3 is 4.74 Å². The number of hydrogen-bond donors (Lipinski definition) is 0. The van der Waals surface area contributed by atoms with Crippen molar-refractivity contribution in [1.82, 2.24) is 4.31 Å². The van der Waals surface area contributed by atoms with Crippen LogP contribution in [0.3, 0.4) is 0 Å². The molecule has 1 saturated heterocycles. The normalized spacial score (nSPS) is 18.8. The zero-order valence-corrected chi connectivity index (χ0v) is 10.8. The third-order valence-corrected chi connectivity index (χ3v) is 6.03. The lowest BCUT2D eigenvalue weighted by Crippen LogP contribution is -2.37. The van der Waals surface area contributed by atoms with E-state index in [2.05, 4.69) is 0 Å². The van der Waals surface area contributed by atoms with Crippen molar-refractivity contribution in [3.05, 3.63) is 17.0 Å². The Balaban J connectivity index is 2.23. The van der Waals surface area contributed by atoms with Gasteiger partial charge in [-0.1, -0.05) is 6.92 Å². The molecule has 0 saturated carbocycles. The first-order chi connectivity index (χ1) is 7.64. The summed E-state index contributed by atoms with van der Waals surface area (Å²) in [4.78, 5) is 1.09. The molecule has 16 heavy (non-hydrogen) atoms. The van der Waals surface area contributed by atoms with Gasteiger partial charge >= 0.3 is 0 Å². The molecule has 6 heteroatoms. The van der Waals surface area contributed by atoms with Crippen molar-refractivity contribution in [2.75, 3.05) is 19.9 Å². The minimum Gasteiger partial charge on any atom is -0.365 e. The highest BCUT2D eigenvalue weighted by atomic mass is 32.2. The van der Waals surface area contributed by atoms with Crippen molar-refractivity contribution in [3.8, 4) is 0 Å². The number of thiophene rings is 1. The van der Waals surface area contributed by atoms with Crippen molar-refractivity contribution < 1.29 is 13.2 Å². The lowest BCUT2D eigenvalue weighted by atomic mass is 10.4. The van der Waals surface area contributed by atoms with E-state index >= 15 is 0 Å². The Morgan fingerprint density at radius 3 is 2.88 bits per heavy atom. The second-order valence-corrected chi connectivity index (χ2v) is 6.98. The number of nitrogens with zero attached hydrogens (tertiary/aromatic N) is 1. The highest BCUT2D eigenvalue weighted by molar-refractivity contribution is 7.91. The van der Waals surface area contributed by atoms with E-state index in [4.69, 9.17) is 4.74 Å². The van der Waals surface area contributed by atoms with E-state index in [0.29, 0.717) is 17.4 Å². The molecule has 0 atom stereocenters. The molecule has 0 bridgehead atoms. The summed E-state index contributed by atoms with van der Waals surface area (Å²) in [7, 11) is -3.32. The molecule has 0 radical (unpaired) electrons. The molecule has 1 fully saturated rings. The zero-order chi connectivity index (χ0) is 11.6. The summed E-state index contributed by atoms with van der Waals surface area (Å²) in [5.74, 6) is 0. The van der Waals surface area contributed by atoms with Crippen molar-refractivity contribution >= 4 is 21.4 Å². The van der Waals surface area contributed by atoms with Gasteiger partial charge in [-0.3, -0.25) is 0 Å². The summed E-state index contributed by atoms with van der Waals surface area (Å²) in [5.41, 5.74) is 0. The highest BCUT2D eigenvalue weighted by Gasteiger charge is 2.27. The van der Waals surface area contributed by atoms with Crippen LogP contribution in [0.25, 0.3) is 0 Å². The Morgan fingerprint density at radius 1 is 1.50 bits per heavy atom. The molecule has 0 N–H and O–H groups in total. The molecule has 2 rings (SSSR count). The molecule has 0 aromatic carbocycles. The predicted octanol–water partition coefficient (Wildman–Crippen LogP) is 1.68. The number of aryl methyl sites for hydroxylation is 1. The van der Waals surface area contributed by atoms with Crippen LogP contribution in [-0.2, 0) is 21.2 Å². The van der Waals surface area contributed by atoms with Gasteiger partial charge in [0.05, 0.1) is 0 Å². The zero-order valence-electron chi connectivity index (χ0n) is 9.18. The van der Waals surface area contributed by atoms with E-state index in [1.165, 1.54) is 15.6 Å². The van der Waals surface area contributed by atoms with E-state index in [1.54, 1.807) is 6.07 Å². The van der Waals surface area contributed by atoms with E-state index in [0.717, 1.165) is 17.7 Å². The maximum absolute atomic E-state index is 12.2. The fourth-order valence-electron chi connectivity index (χ4n) is 1.58. The van der Waals surface area contributed by atoms with Gasteiger partial charge in [-0.05, 0) is 25.0 Å². The van der Waals surface area contributed by atoms with Crippen molar-refractivity contribution in [1.29, 1.82) is 0 Å². The van der Waals surface area contributed by atoms with Crippen LogP contribution < -0.4 is 0 Å². The van der Waals surface area contributed by atoms with Gasteiger partial charge in [0.2, 0.25) is 0 Å². The van der Waals surface area contributed by atoms with Crippen LogP contribution in [0, 0.1) is 0 Å². The predicted molar refractivity (Wildman–Crippen MR) is 63.0 cm³/mol. The number of rotatable bonds is 3. The molecule has 1 aromatic heterocycles. The molecule has 1 aromatic rings. The van der Waals surface area contributed by atoms with Crippen molar-refractivity contribution in [2.24, 2.45) is 0 Å². The minimum atomic E-state index is -3.32. The van der Waals surface area contributed by atoms with E-state index in [-0.39, 0.29) is 6.73 Å². The van der Waals surface area contributed by atoms with E-state index in [1.807, 2.05) is 13.0 Å². The second kappa shape index (κ2) is 4.83. The molecular formula is C10H15NO3S2. The van der Waals surface area contributed by atoms with Crippen LogP contribution in [0.4, 0.5) is 0 Å². The Bertz CT molecular complexity index is 446. The molecule has 2 heterocycles. The molecule has 90 valence electrons. The smallest absolute Gasteiger partial charge is 0.254 e. The van der Waals surface area contributed by atoms with Crippen LogP contribution in [-0.4, -0.2) is 32.6 Å². The van der Waals surface area contributed by atoms with Gasteiger partial charge in [0, 0.05) is 18.0 Å². The van der Waals surface area contributed by atoms with Crippen LogP contribution in [0.5, 0.6) is 0 Å². The number of sulfonamides is 1.